The highest BCUT2D eigenvalue weighted by atomic mass is 16.6. The van der Waals surface area contributed by atoms with Crippen LogP contribution in [-0.2, 0) is 11.8 Å². The third-order valence-corrected chi connectivity index (χ3v) is 3.29. The number of aryl methyl sites for hydroxylation is 1. The highest BCUT2D eigenvalue weighted by molar-refractivity contribution is 5.71. The van der Waals surface area contributed by atoms with Gasteiger partial charge in [-0.1, -0.05) is 6.92 Å². The summed E-state index contributed by atoms with van der Waals surface area (Å²) >= 11 is 0. The zero-order valence-electron chi connectivity index (χ0n) is 10.1. The van der Waals surface area contributed by atoms with Crippen LogP contribution >= 0.6 is 0 Å². The van der Waals surface area contributed by atoms with Crippen LogP contribution in [0, 0.1) is 22.0 Å². The molecule has 1 aliphatic heterocycles. The Morgan fingerprint density at radius 2 is 2.28 bits per heavy atom. The average molecular weight is 254 g/mol. The van der Waals surface area contributed by atoms with Gasteiger partial charge in [-0.15, -0.1) is 5.10 Å². The van der Waals surface area contributed by atoms with E-state index in [1.165, 1.54) is 10.9 Å². The van der Waals surface area contributed by atoms with Crippen LogP contribution in [0.15, 0.2) is 6.20 Å². The summed E-state index contributed by atoms with van der Waals surface area (Å²) in [5.74, 6) is -0.945. The topological polar surface area (TPSA) is 102 Å². The van der Waals surface area contributed by atoms with Crippen molar-refractivity contribution in [1.82, 2.24) is 9.78 Å². The van der Waals surface area contributed by atoms with Gasteiger partial charge in [0, 0.05) is 26.1 Å². The predicted octanol–water partition coefficient (Wildman–Crippen LogP) is 0.485. The van der Waals surface area contributed by atoms with Crippen molar-refractivity contribution in [2.24, 2.45) is 18.9 Å². The summed E-state index contributed by atoms with van der Waals surface area (Å²) in [7, 11) is 1.62. The Kier molecular flexibility index (Phi) is 2.93. The van der Waals surface area contributed by atoms with Crippen LogP contribution < -0.4 is 4.90 Å². The van der Waals surface area contributed by atoms with E-state index in [2.05, 4.69) is 5.10 Å². The van der Waals surface area contributed by atoms with Gasteiger partial charge in [0.2, 0.25) is 5.82 Å². The van der Waals surface area contributed by atoms with Gasteiger partial charge >= 0.3 is 11.7 Å². The Morgan fingerprint density at radius 1 is 1.67 bits per heavy atom. The summed E-state index contributed by atoms with van der Waals surface area (Å²) in [4.78, 5) is 22.9. The summed E-state index contributed by atoms with van der Waals surface area (Å²) < 4.78 is 1.39. The Morgan fingerprint density at radius 3 is 2.78 bits per heavy atom. The maximum atomic E-state index is 10.8. The van der Waals surface area contributed by atoms with Gasteiger partial charge < -0.3 is 10.0 Å². The van der Waals surface area contributed by atoms with Crippen molar-refractivity contribution in [3.63, 3.8) is 0 Å². The molecule has 0 aliphatic carbocycles. The van der Waals surface area contributed by atoms with Gasteiger partial charge in [0.25, 0.3) is 0 Å². The second-order valence-electron chi connectivity index (χ2n) is 4.56. The van der Waals surface area contributed by atoms with Gasteiger partial charge in [0.15, 0.2) is 0 Å². The number of nitro groups is 1. The first-order valence-electron chi connectivity index (χ1n) is 5.56. The number of hydrogen-bond acceptors (Lipinski definition) is 5. The standard InChI is InChI=1S/C10H14N4O4/c1-6(10(15)16)7-3-13(4-7)9-8(14(17)18)5-12(2)11-9/h5-7H,3-4H2,1-2H3,(H,15,16). The molecule has 0 aromatic carbocycles. The monoisotopic (exact) mass is 254 g/mol. The minimum atomic E-state index is -0.838. The Bertz CT molecular complexity index is 492. The van der Waals surface area contributed by atoms with E-state index in [9.17, 15) is 14.9 Å². The molecule has 0 radical (unpaired) electrons. The number of carbonyl (C=O) groups is 1. The Labute approximate surface area is 103 Å². The molecular formula is C10H14N4O4. The molecule has 1 unspecified atom stereocenters. The number of rotatable bonds is 4. The van der Waals surface area contributed by atoms with E-state index >= 15 is 0 Å². The molecule has 1 saturated heterocycles. The Balaban J connectivity index is 2.08. The highest BCUT2D eigenvalue weighted by Crippen LogP contribution is 2.33. The quantitative estimate of drug-likeness (QED) is 0.619. The van der Waals surface area contributed by atoms with E-state index in [1.807, 2.05) is 0 Å². The summed E-state index contributed by atoms with van der Waals surface area (Å²) in [5.41, 5.74) is -0.0427. The number of carboxylic acids is 1. The van der Waals surface area contributed by atoms with Crippen molar-refractivity contribution in [2.75, 3.05) is 18.0 Å². The van der Waals surface area contributed by atoms with Crippen LogP contribution in [0.3, 0.4) is 0 Å². The maximum absolute atomic E-state index is 10.8. The maximum Gasteiger partial charge on any atom is 0.330 e. The first kappa shape index (κ1) is 12.3. The molecular weight excluding hydrogens is 240 g/mol. The molecule has 0 bridgehead atoms. The van der Waals surface area contributed by atoms with E-state index in [-0.39, 0.29) is 11.6 Å². The molecule has 18 heavy (non-hydrogen) atoms. The number of aliphatic carboxylic acids is 1. The molecule has 8 nitrogen and oxygen atoms in total. The molecule has 1 N–H and O–H groups in total. The first-order valence-corrected chi connectivity index (χ1v) is 5.56. The predicted molar refractivity (Wildman–Crippen MR) is 62.4 cm³/mol. The second-order valence-corrected chi connectivity index (χ2v) is 4.56. The summed E-state index contributed by atoms with van der Waals surface area (Å²) in [6.45, 7) is 2.63. The van der Waals surface area contributed by atoms with Gasteiger partial charge in [-0.2, -0.15) is 0 Å². The molecule has 8 heteroatoms. The first-order chi connectivity index (χ1) is 8.40. The molecule has 1 aromatic rings. The van der Waals surface area contributed by atoms with Crippen molar-refractivity contribution in [3.8, 4) is 0 Å². The van der Waals surface area contributed by atoms with E-state index in [4.69, 9.17) is 5.11 Å². The van der Waals surface area contributed by atoms with Gasteiger partial charge in [0.1, 0.15) is 6.20 Å². The number of aromatic nitrogens is 2. The van der Waals surface area contributed by atoms with Gasteiger partial charge in [0.05, 0.1) is 10.8 Å². The van der Waals surface area contributed by atoms with E-state index in [0.717, 1.165) is 0 Å². The zero-order chi connectivity index (χ0) is 13.4. The van der Waals surface area contributed by atoms with Crippen molar-refractivity contribution in [1.29, 1.82) is 0 Å². The van der Waals surface area contributed by atoms with Crippen molar-refractivity contribution in [2.45, 2.75) is 6.92 Å². The number of anilines is 1. The highest BCUT2D eigenvalue weighted by Gasteiger charge is 2.38. The molecule has 0 amide bonds. The molecule has 1 atom stereocenters. The molecule has 1 fully saturated rings. The van der Waals surface area contributed by atoms with Crippen LogP contribution in [0.4, 0.5) is 11.5 Å². The number of nitrogens with zero attached hydrogens (tertiary/aromatic N) is 4. The minimum absolute atomic E-state index is 0.0177. The fourth-order valence-electron chi connectivity index (χ4n) is 2.02. The van der Waals surface area contributed by atoms with Crippen LogP contribution in [0.2, 0.25) is 0 Å². The molecule has 1 aromatic heterocycles. The average Bonchev–Trinajstić information content (AvgIpc) is 2.57. The summed E-state index contributed by atoms with van der Waals surface area (Å²) in [6.07, 6.45) is 1.35. The largest absolute Gasteiger partial charge is 0.481 e. The lowest BCUT2D eigenvalue weighted by Gasteiger charge is -2.40. The molecule has 0 saturated carbocycles. The lowest BCUT2D eigenvalue weighted by atomic mass is 9.87. The lowest BCUT2D eigenvalue weighted by Crippen LogP contribution is -2.51. The second kappa shape index (κ2) is 4.28. The SMILES string of the molecule is CC(C(=O)O)C1CN(c2nn(C)cc2[N+](=O)[O-])C1. The van der Waals surface area contributed by atoms with Crippen LogP contribution in [-0.4, -0.2) is 38.9 Å². The van der Waals surface area contributed by atoms with Crippen molar-refractivity contribution >= 4 is 17.5 Å². The summed E-state index contributed by atoms with van der Waals surface area (Å²) in [5, 5.41) is 23.8. The minimum Gasteiger partial charge on any atom is -0.481 e. The van der Waals surface area contributed by atoms with Gasteiger partial charge in [-0.25, -0.2) is 0 Å². The van der Waals surface area contributed by atoms with Crippen LogP contribution in [0.1, 0.15) is 6.92 Å². The smallest absolute Gasteiger partial charge is 0.330 e. The Hall–Kier alpha value is -2.12. The van der Waals surface area contributed by atoms with Crippen LogP contribution in [0.25, 0.3) is 0 Å². The van der Waals surface area contributed by atoms with Gasteiger partial charge in [-0.3, -0.25) is 19.6 Å². The third-order valence-electron chi connectivity index (χ3n) is 3.29. The normalized spacial score (nSPS) is 17.3. The van der Waals surface area contributed by atoms with E-state index in [0.29, 0.717) is 18.9 Å². The van der Waals surface area contributed by atoms with Crippen molar-refractivity contribution < 1.29 is 14.8 Å². The van der Waals surface area contributed by atoms with Crippen molar-refractivity contribution in [3.05, 3.63) is 16.3 Å². The van der Waals surface area contributed by atoms with Gasteiger partial charge in [-0.05, 0) is 0 Å². The van der Waals surface area contributed by atoms with E-state index < -0.39 is 16.8 Å². The molecule has 1 aliphatic rings. The fraction of sp³-hybridized carbons (Fsp3) is 0.600. The zero-order valence-corrected chi connectivity index (χ0v) is 10.1. The fourth-order valence-corrected chi connectivity index (χ4v) is 2.02. The molecule has 0 spiro atoms. The molecule has 2 heterocycles. The molecule has 98 valence electrons. The van der Waals surface area contributed by atoms with E-state index in [1.54, 1.807) is 18.9 Å². The lowest BCUT2D eigenvalue weighted by molar-refractivity contribution is -0.384. The number of carboxylic acid groups (broad SMARTS) is 1. The summed E-state index contributed by atoms with van der Waals surface area (Å²) in [6, 6.07) is 0. The third kappa shape index (κ3) is 2.01. The van der Waals surface area contributed by atoms with Crippen LogP contribution in [0.5, 0.6) is 0 Å². The number of hydrogen-bond donors (Lipinski definition) is 1. The molecule has 2 rings (SSSR count).